The van der Waals surface area contributed by atoms with E-state index in [1.807, 2.05) is 82.3 Å². The van der Waals surface area contributed by atoms with E-state index in [-0.39, 0.29) is 12.1 Å². The van der Waals surface area contributed by atoms with E-state index in [1.165, 1.54) is 0 Å². The van der Waals surface area contributed by atoms with Gasteiger partial charge in [0.05, 0.1) is 13.2 Å². The fourth-order valence-electron chi connectivity index (χ4n) is 2.52. The van der Waals surface area contributed by atoms with Crippen molar-refractivity contribution >= 4 is 6.09 Å². The zero-order chi connectivity index (χ0) is 18.4. The summed E-state index contributed by atoms with van der Waals surface area (Å²) in [5.74, 6) is 0.795. The third-order valence-corrected chi connectivity index (χ3v) is 3.89. The number of hydrogen-bond acceptors (Lipinski definition) is 3. The summed E-state index contributed by atoms with van der Waals surface area (Å²) in [4.78, 5) is 14.5. The lowest BCUT2D eigenvalue weighted by atomic mass is 10.1. The Kier molecular flexibility index (Phi) is 6.07. The minimum absolute atomic E-state index is 0.0989. The third kappa shape index (κ3) is 5.52. The first-order valence-electron chi connectivity index (χ1n) is 8.47. The number of methoxy groups -OCH3 is 1. The van der Waals surface area contributed by atoms with Crippen LogP contribution in [-0.2, 0) is 11.3 Å². The zero-order valence-corrected chi connectivity index (χ0v) is 15.7. The summed E-state index contributed by atoms with van der Waals surface area (Å²) in [7, 11) is 1.64. The molecule has 1 unspecified atom stereocenters. The molecule has 0 saturated carbocycles. The molecule has 0 aliphatic rings. The van der Waals surface area contributed by atoms with Gasteiger partial charge in [0.1, 0.15) is 11.4 Å². The Labute approximate surface area is 150 Å². The molecule has 1 atom stereocenters. The number of carbonyl (C=O) groups excluding carboxylic acids is 1. The predicted octanol–water partition coefficient (Wildman–Crippen LogP) is 5.19. The summed E-state index contributed by atoms with van der Waals surface area (Å²) in [6.07, 6.45) is -0.320. The van der Waals surface area contributed by atoms with Gasteiger partial charge in [-0.2, -0.15) is 0 Å². The Bertz CT molecular complexity index is 675. The largest absolute Gasteiger partial charge is 0.497 e. The van der Waals surface area contributed by atoms with Gasteiger partial charge in [-0.25, -0.2) is 4.79 Å². The van der Waals surface area contributed by atoms with Crippen LogP contribution in [-0.4, -0.2) is 23.7 Å². The number of rotatable bonds is 5. The van der Waals surface area contributed by atoms with Crippen LogP contribution in [0.15, 0.2) is 54.6 Å². The second-order valence-corrected chi connectivity index (χ2v) is 7.04. The highest BCUT2D eigenvalue weighted by molar-refractivity contribution is 5.69. The van der Waals surface area contributed by atoms with Gasteiger partial charge in [-0.05, 0) is 51.0 Å². The van der Waals surface area contributed by atoms with Crippen LogP contribution in [0, 0.1) is 0 Å². The van der Waals surface area contributed by atoms with Crippen molar-refractivity contribution < 1.29 is 14.3 Å². The van der Waals surface area contributed by atoms with Crippen molar-refractivity contribution in [3.05, 3.63) is 65.7 Å². The number of benzene rings is 2. The first-order valence-corrected chi connectivity index (χ1v) is 8.47. The molecule has 0 aliphatic heterocycles. The van der Waals surface area contributed by atoms with Gasteiger partial charge in [-0.3, -0.25) is 4.90 Å². The number of nitrogens with zero attached hydrogens (tertiary/aromatic N) is 1. The summed E-state index contributed by atoms with van der Waals surface area (Å²) >= 11 is 0. The standard InChI is InChI=1S/C21H27NO3/c1-16(18-9-7-6-8-10-18)22(20(23)25-21(2,3)4)15-17-11-13-19(24-5)14-12-17/h6-14,16H,15H2,1-5H3. The predicted molar refractivity (Wildman–Crippen MR) is 99.6 cm³/mol. The molecule has 0 fully saturated rings. The molecule has 0 bridgehead atoms. The van der Waals surface area contributed by atoms with Crippen LogP contribution in [0.4, 0.5) is 4.79 Å². The van der Waals surface area contributed by atoms with E-state index in [2.05, 4.69) is 0 Å². The van der Waals surface area contributed by atoms with Crippen molar-refractivity contribution in [2.24, 2.45) is 0 Å². The number of amides is 1. The van der Waals surface area contributed by atoms with Gasteiger partial charge in [0.25, 0.3) is 0 Å². The molecule has 2 aromatic carbocycles. The Balaban J connectivity index is 2.25. The van der Waals surface area contributed by atoms with E-state index in [0.717, 1.165) is 16.9 Å². The maximum Gasteiger partial charge on any atom is 0.411 e. The molecule has 0 aromatic heterocycles. The third-order valence-electron chi connectivity index (χ3n) is 3.89. The van der Waals surface area contributed by atoms with Crippen LogP contribution in [0.2, 0.25) is 0 Å². The smallest absolute Gasteiger partial charge is 0.411 e. The average Bonchev–Trinajstić information content (AvgIpc) is 2.59. The first-order chi connectivity index (χ1) is 11.8. The Morgan fingerprint density at radius 3 is 2.16 bits per heavy atom. The summed E-state index contributed by atoms with van der Waals surface area (Å²) in [6.45, 7) is 8.12. The highest BCUT2D eigenvalue weighted by Gasteiger charge is 2.27. The van der Waals surface area contributed by atoms with Gasteiger partial charge in [0.2, 0.25) is 0 Å². The first kappa shape index (κ1) is 18.8. The SMILES string of the molecule is COc1ccc(CN(C(=O)OC(C)(C)C)C(C)c2ccccc2)cc1. The maximum absolute atomic E-state index is 12.8. The van der Waals surface area contributed by atoms with E-state index in [4.69, 9.17) is 9.47 Å². The molecule has 25 heavy (non-hydrogen) atoms. The quantitative estimate of drug-likeness (QED) is 0.751. The van der Waals surface area contributed by atoms with E-state index in [0.29, 0.717) is 6.54 Å². The second kappa shape index (κ2) is 8.06. The lowest BCUT2D eigenvalue weighted by molar-refractivity contribution is 0.0153. The molecule has 1 amide bonds. The summed E-state index contributed by atoms with van der Waals surface area (Å²) in [5, 5.41) is 0. The molecule has 0 spiro atoms. The molecule has 2 aromatic rings. The van der Waals surface area contributed by atoms with Gasteiger partial charge < -0.3 is 9.47 Å². The maximum atomic E-state index is 12.8. The van der Waals surface area contributed by atoms with Crippen molar-refractivity contribution in [3.63, 3.8) is 0 Å². The molecule has 0 saturated heterocycles. The summed E-state index contributed by atoms with van der Waals surface area (Å²) in [5.41, 5.74) is 1.56. The lowest BCUT2D eigenvalue weighted by Gasteiger charge is -2.32. The van der Waals surface area contributed by atoms with E-state index < -0.39 is 5.60 Å². The molecule has 2 rings (SSSR count). The van der Waals surface area contributed by atoms with Gasteiger partial charge in [-0.1, -0.05) is 42.5 Å². The van der Waals surface area contributed by atoms with Gasteiger partial charge in [0.15, 0.2) is 0 Å². The number of carbonyl (C=O) groups is 1. The fraction of sp³-hybridized carbons (Fsp3) is 0.381. The molecule has 4 heteroatoms. The van der Waals surface area contributed by atoms with Crippen LogP contribution in [0.25, 0.3) is 0 Å². The summed E-state index contributed by atoms with van der Waals surface area (Å²) in [6, 6.07) is 17.6. The molecule has 0 heterocycles. The minimum atomic E-state index is -0.536. The topological polar surface area (TPSA) is 38.8 Å². The fourth-order valence-corrected chi connectivity index (χ4v) is 2.52. The van der Waals surface area contributed by atoms with Crippen LogP contribution >= 0.6 is 0 Å². The Morgan fingerprint density at radius 1 is 1.04 bits per heavy atom. The molecule has 134 valence electrons. The summed E-state index contributed by atoms with van der Waals surface area (Å²) < 4.78 is 10.8. The monoisotopic (exact) mass is 341 g/mol. The molecular weight excluding hydrogens is 314 g/mol. The van der Waals surface area contributed by atoms with Crippen molar-refractivity contribution in [3.8, 4) is 5.75 Å². The number of ether oxygens (including phenoxy) is 2. The molecular formula is C21H27NO3. The van der Waals surface area contributed by atoms with E-state index >= 15 is 0 Å². The van der Waals surface area contributed by atoms with E-state index in [1.54, 1.807) is 12.0 Å². The van der Waals surface area contributed by atoms with Crippen LogP contribution in [0.5, 0.6) is 5.75 Å². The molecule has 0 N–H and O–H groups in total. The zero-order valence-electron chi connectivity index (χ0n) is 15.7. The minimum Gasteiger partial charge on any atom is -0.497 e. The van der Waals surface area contributed by atoms with Crippen molar-refractivity contribution in [2.75, 3.05) is 7.11 Å². The molecule has 0 radical (unpaired) electrons. The van der Waals surface area contributed by atoms with E-state index in [9.17, 15) is 4.79 Å². The number of hydrogen-bond donors (Lipinski definition) is 0. The highest BCUT2D eigenvalue weighted by atomic mass is 16.6. The van der Waals surface area contributed by atoms with Crippen LogP contribution in [0.1, 0.15) is 44.9 Å². The van der Waals surface area contributed by atoms with Crippen molar-refractivity contribution in [1.29, 1.82) is 0 Å². The second-order valence-electron chi connectivity index (χ2n) is 7.04. The normalized spacial score (nSPS) is 12.4. The Morgan fingerprint density at radius 2 is 1.64 bits per heavy atom. The molecule has 4 nitrogen and oxygen atoms in total. The Hall–Kier alpha value is -2.49. The van der Waals surface area contributed by atoms with Crippen molar-refractivity contribution in [1.82, 2.24) is 4.90 Å². The van der Waals surface area contributed by atoms with Gasteiger partial charge in [-0.15, -0.1) is 0 Å². The van der Waals surface area contributed by atoms with Gasteiger partial charge in [0, 0.05) is 6.54 Å². The van der Waals surface area contributed by atoms with Crippen LogP contribution < -0.4 is 4.74 Å². The average molecular weight is 341 g/mol. The van der Waals surface area contributed by atoms with Crippen molar-refractivity contribution in [2.45, 2.75) is 45.9 Å². The van der Waals surface area contributed by atoms with Gasteiger partial charge >= 0.3 is 6.09 Å². The lowest BCUT2D eigenvalue weighted by Crippen LogP contribution is -2.38. The molecule has 0 aliphatic carbocycles. The van der Waals surface area contributed by atoms with Crippen LogP contribution in [0.3, 0.4) is 0 Å². The highest BCUT2D eigenvalue weighted by Crippen LogP contribution is 2.25.